The van der Waals surface area contributed by atoms with Gasteiger partial charge in [0.1, 0.15) is 5.78 Å². The van der Waals surface area contributed by atoms with Crippen molar-refractivity contribution < 1.29 is 4.79 Å². The largest absolute Gasteiger partial charge is 0.299 e. The lowest BCUT2D eigenvalue weighted by molar-refractivity contribution is -0.121. The molecule has 0 bridgehead atoms. The number of carbonyl (C=O) groups excluding carboxylic acids is 1. The van der Waals surface area contributed by atoms with Crippen LogP contribution in [-0.4, -0.2) is 15.8 Å². The van der Waals surface area contributed by atoms with Gasteiger partial charge in [0.05, 0.1) is 29.2 Å². The van der Waals surface area contributed by atoms with Gasteiger partial charge in [-0.3, -0.25) is 14.8 Å². The number of carbonyl (C=O) groups is 1. The Balaban J connectivity index is 2.96. The molecule has 0 atom stereocenters. The third-order valence-corrected chi connectivity index (χ3v) is 2.56. The minimum atomic E-state index is 0.0628. The van der Waals surface area contributed by atoms with Crippen molar-refractivity contribution in [3.63, 3.8) is 0 Å². The number of nitrogens with zero attached hydrogens (tertiary/aromatic N) is 2. The van der Waals surface area contributed by atoms with Crippen molar-refractivity contribution in [2.24, 2.45) is 5.92 Å². The molecule has 0 unspecified atom stereocenters. The molecule has 1 rings (SSSR count). The van der Waals surface area contributed by atoms with E-state index in [0.717, 1.165) is 22.8 Å². The van der Waals surface area contributed by atoms with Crippen molar-refractivity contribution in [2.75, 3.05) is 0 Å². The van der Waals surface area contributed by atoms with Crippen LogP contribution >= 0.6 is 0 Å². The average Bonchev–Trinajstić information content (AvgIpc) is 2.13. The van der Waals surface area contributed by atoms with Crippen molar-refractivity contribution >= 4 is 5.78 Å². The zero-order valence-corrected chi connectivity index (χ0v) is 10.1. The van der Waals surface area contributed by atoms with Gasteiger partial charge in [0.15, 0.2) is 0 Å². The standard InChI is InChI=1S/C12H18N2O/c1-7(2)12(15)6-11-10(5)13-8(3)9(4)14-11/h7H,6H2,1-5H3. The molecule has 0 spiro atoms. The lowest BCUT2D eigenvalue weighted by Gasteiger charge is -2.08. The van der Waals surface area contributed by atoms with E-state index in [9.17, 15) is 4.79 Å². The minimum Gasteiger partial charge on any atom is -0.299 e. The van der Waals surface area contributed by atoms with E-state index in [4.69, 9.17) is 0 Å². The Hall–Kier alpha value is -1.25. The fourth-order valence-electron chi connectivity index (χ4n) is 1.30. The Morgan fingerprint density at radius 3 is 2.13 bits per heavy atom. The summed E-state index contributed by atoms with van der Waals surface area (Å²) in [4.78, 5) is 20.4. The summed E-state index contributed by atoms with van der Waals surface area (Å²) in [5, 5.41) is 0. The van der Waals surface area contributed by atoms with Crippen molar-refractivity contribution in [1.82, 2.24) is 9.97 Å². The van der Waals surface area contributed by atoms with Gasteiger partial charge in [-0.15, -0.1) is 0 Å². The van der Waals surface area contributed by atoms with Gasteiger partial charge in [-0.1, -0.05) is 13.8 Å². The molecular weight excluding hydrogens is 188 g/mol. The Morgan fingerprint density at radius 2 is 1.60 bits per heavy atom. The Labute approximate surface area is 91.0 Å². The van der Waals surface area contributed by atoms with Crippen LogP contribution in [0.5, 0.6) is 0 Å². The summed E-state index contributed by atoms with van der Waals surface area (Å²) in [6.45, 7) is 9.58. The number of hydrogen-bond acceptors (Lipinski definition) is 3. The first-order valence-electron chi connectivity index (χ1n) is 5.25. The molecule has 1 aromatic heterocycles. The molecule has 15 heavy (non-hydrogen) atoms. The minimum absolute atomic E-state index is 0.0628. The van der Waals surface area contributed by atoms with Gasteiger partial charge in [0.2, 0.25) is 0 Å². The van der Waals surface area contributed by atoms with Crippen LogP contribution in [0.1, 0.15) is 36.6 Å². The van der Waals surface area contributed by atoms with E-state index in [2.05, 4.69) is 9.97 Å². The molecule has 0 radical (unpaired) electrons. The van der Waals surface area contributed by atoms with E-state index in [1.807, 2.05) is 34.6 Å². The zero-order chi connectivity index (χ0) is 11.6. The molecule has 0 saturated carbocycles. The van der Waals surface area contributed by atoms with E-state index in [-0.39, 0.29) is 11.7 Å². The first-order chi connectivity index (χ1) is 6.91. The molecule has 0 amide bonds. The number of ketones is 1. The lowest BCUT2D eigenvalue weighted by Crippen LogP contribution is -2.14. The quantitative estimate of drug-likeness (QED) is 0.761. The molecule has 82 valence electrons. The first-order valence-corrected chi connectivity index (χ1v) is 5.25. The van der Waals surface area contributed by atoms with Crippen molar-refractivity contribution in [3.05, 3.63) is 22.8 Å². The third-order valence-electron chi connectivity index (χ3n) is 2.56. The molecule has 0 aliphatic rings. The van der Waals surface area contributed by atoms with Gasteiger partial charge in [-0.2, -0.15) is 0 Å². The van der Waals surface area contributed by atoms with Crippen molar-refractivity contribution in [1.29, 1.82) is 0 Å². The Bertz CT molecular complexity index is 383. The van der Waals surface area contributed by atoms with E-state index >= 15 is 0 Å². The maximum atomic E-state index is 11.6. The topological polar surface area (TPSA) is 42.9 Å². The number of hydrogen-bond donors (Lipinski definition) is 0. The number of aromatic nitrogens is 2. The molecule has 0 aromatic carbocycles. The van der Waals surface area contributed by atoms with Gasteiger partial charge < -0.3 is 0 Å². The SMILES string of the molecule is Cc1nc(C)c(CC(=O)C(C)C)nc1C. The van der Waals surface area contributed by atoms with E-state index in [1.165, 1.54) is 0 Å². The van der Waals surface area contributed by atoms with E-state index < -0.39 is 0 Å². The van der Waals surface area contributed by atoms with Gasteiger partial charge in [-0.05, 0) is 20.8 Å². The predicted molar refractivity (Wildman–Crippen MR) is 59.8 cm³/mol. The normalized spacial score (nSPS) is 10.8. The highest BCUT2D eigenvalue weighted by atomic mass is 16.1. The number of Topliss-reactive ketones (excluding diaryl/α,β-unsaturated/α-hetero) is 1. The van der Waals surface area contributed by atoms with Crippen LogP contribution in [0, 0.1) is 26.7 Å². The summed E-state index contributed by atoms with van der Waals surface area (Å²) in [5.41, 5.74) is 3.53. The highest BCUT2D eigenvalue weighted by molar-refractivity contribution is 5.82. The second-order valence-corrected chi connectivity index (χ2v) is 4.22. The molecule has 0 aliphatic heterocycles. The van der Waals surface area contributed by atoms with Crippen LogP contribution in [-0.2, 0) is 11.2 Å². The summed E-state index contributed by atoms with van der Waals surface area (Å²) in [6.07, 6.45) is 0.400. The summed E-state index contributed by atoms with van der Waals surface area (Å²) in [5.74, 6) is 0.281. The molecule has 1 heterocycles. The Morgan fingerprint density at radius 1 is 1.07 bits per heavy atom. The van der Waals surface area contributed by atoms with Gasteiger partial charge in [0.25, 0.3) is 0 Å². The monoisotopic (exact) mass is 206 g/mol. The zero-order valence-electron chi connectivity index (χ0n) is 10.1. The molecule has 0 aliphatic carbocycles. The fraction of sp³-hybridized carbons (Fsp3) is 0.583. The molecule has 1 aromatic rings. The summed E-state index contributed by atoms with van der Waals surface area (Å²) < 4.78 is 0. The molecule has 0 fully saturated rings. The number of rotatable bonds is 3. The molecule has 3 heteroatoms. The molecule has 0 N–H and O–H groups in total. The van der Waals surface area contributed by atoms with Crippen LogP contribution in [0.3, 0.4) is 0 Å². The van der Waals surface area contributed by atoms with E-state index in [0.29, 0.717) is 6.42 Å². The van der Waals surface area contributed by atoms with Crippen molar-refractivity contribution in [3.8, 4) is 0 Å². The van der Waals surface area contributed by atoms with E-state index in [1.54, 1.807) is 0 Å². The summed E-state index contributed by atoms with van der Waals surface area (Å²) >= 11 is 0. The van der Waals surface area contributed by atoms with Gasteiger partial charge in [0, 0.05) is 5.92 Å². The smallest absolute Gasteiger partial charge is 0.141 e. The van der Waals surface area contributed by atoms with Crippen molar-refractivity contribution in [2.45, 2.75) is 41.0 Å². The van der Waals surface area contributed by atoms with Gasteiger partial charge >= 0.3 is 0 Å². The Kier molecular flexibility index (Phi) is 3.56. The maximum absolute atomic E-state index is 11.6. The third kappa shape index (κ3) is 2.85. The number of aryl methyl sites for hydroxylation is 3. The predicted octanol–water partition coefficient (Wildman–Crippen LogP) is 2.17. The first kappa shape index (κ1) is 11.8. The average molecular weight is 206 g/mol. The van der Waals surface area contributed by atoms with Gasteiger partial charge in [-0.25, -0.2) is 0 Å². The second-order valence-electron chi connectivity index (χ2n) is 4.22. The highest BCUT2D eigenvalue weighted by Crippen LogP contribution is 2.10. The van der Waals surface area contributed by atoms with Crippen LogP contribution in [0.15, 0.2) is 0 Å². The second kappa shape index (κ2) is 4.51. The van der Waals surface area contributed by atoms with Crippen LogP contribution in [0.4, 0.5) is 0 Å². The highest BCUT2D eigenvalue weighted by Gasteiger charge is 2.12. The fourth-order valence-corrected chi connectivity index (χ4v) is 1.30. The summed E-state index contributed by atoms with van der Waals surface area (Å²) in [7, 11) is 0. The van der Waals surface area contributed by atoms with Crippen LogP contribution in [0.25, 0.3) is 0 Å². The maximum Gasteiger partial charge on any atom is 0.141 e. The van der Waals surface area contributed by atoms with Crippen LogP contribution < -0.4 is 0 Å². The lowest BCUT2D eigenvalue weighted by atomic mass is 10.0. The molecular formula is C12H18N2O. The summed E-state index contributed by atoms with van der Waals surface area (Å²) in [6, 6.07) is 0. The molecule has 0 saturated heterocycles. The van der Waals surface area contributed by atoms with Crippen LogP contribution in [0.2, 0.25) is 0 Å². The molecule has 3 nitrogen and oxygen atoms in total.